The largest absolute Gasteiger partial charge is 0.324 e. The summed E-state index contributed by atoms with van der Waals surface area (Å²) in [6.07, 6.45) is 0. The normalized spacial score (nSPS) is 13.4. The summed E-state index contributed by atoms with van der Waals surface area (Å²) in [7, 11) is 0. The molecule has 72 valence electrons. The van der Waals surface area contributed by atoms with Gasteiger partial charge in [0.05, 0.1) is 0 Å². The number of nitrogens with two attached hydrogens (primary N) is 1. The molecule has 0 aliphatic rings. The zero-order valence-corrected chi connectivity index (χ0v) is 8.34. The molecule has 0 amide bonds. The molecule has 0 spiro atoms. The van der Waals surface area contributed by atoms with E-state index in [1.807, 2.05) is 26.8 Å². The predicted octanol–water partition coefficient (Wildman–Crippen LogP) is 2.79. The molecule has 1 aromatic carbocycles. The second kappa shape index (κ2) is 3.88. The van der Waals surface area contributed by atoms with Gasteiger partial charge in [0.2, 0.25) is 0 Å². The average Bonchev–Trinajstić information content (AvgIpc) is 2.08. The molecular formula is C11H16FN. The van der Waals surface area contributed by atoms with E-state index in [0.29, 0.717) is 5.56 Å². The van der Waals surface area contributed by atoms with Crippen LogP contribution in [0.15, 0.2) is 18.2 Å². The topological polar surface area (TPSA) is 26.0 Å². The Labute approximate surface area is 78.8 Å². The molecule has 0 saturated heterocycles. The van der Waals surface area contributed by atoms with Crippen LogP contribution in [0.1, 0.15) is 31.0 Å². The van der Waals surface area contributed by atoms with Crippen LogP contribution in [0.5, 0.6) is 0 Å². The van der Waals surface area contributed by atoms with Crippen LogP contribution in [0, 0.1) is 18.7 Å². The van der Waals surface area contributed by atoms with E-state index in [0.717, 1.165) is 5.56 Å². The number of halogens is 1. The number of benzene rings is 1. The van der Waals surface area contributed by atoms with Gasteiger partial charge in [-0.05, 0) is 18.9 Å². The van der Waals surface area contributed by atoms with E-state index in [2.05, 4.69) is 0 Å². The second-order valence-electron chi connectivity index (χ2n) is 3.79. The Morgan fingerprint density at radius 1 is 1.31 bits per heavy atom. The van der Waals surface area contributed by atoms with Crippen molar-refractivity contribution in [3.8, 4) is 0 Å². The maximum absolute atomic E-state index is 13.3. The minimum atomic E-state index is -0.208. The summed E-state index contributed by atoms with van der Waals surface area (Å²) < 4.78 is 13.3. The summed E-state index contributed by atoms with van der Waals surface area (Å²) in [6, 6.07) is 4.85. The first-order valence-electron chi connectivity index (χ1n) is 4.54. The van der Waals surface area contributed by atoms with Crippen molar-refractivity contribution in [1.29, 1.82) is 0 Å². The molecule has 2 N–H and O–H groups in total. The highest BCUT2D eigenvalue weighted by Gasteiger charge is 2.14. The molecule has 2 heteroatoms. The number of aryl methyl sites for hydroxylation is 1. The van der Waals surface area contributed by atoms with Crippen LogP contribution in [0.4, 0.5) is 4.39 Å². The Bertz CT molecular complexity index is 294. The fraction of sp³-hybridized carbons (Fsp3) is 0.455. The standard InChI is InChI=1S/C11H16FN/c1-7(2)11(13)9-6-8(3)4-5-10(9)12/h4-7,11H,13H2,1-3H3/t11-/m1/s1. The lowest BCUT2D eigenvalue weighted by molar-refractivity contribution is 0.484. The number of hydrogen-bond acceptors (Lipinski definition) is 1. The Hall–Kier alpha value is -0.890. The molecule has 1 aromatic rings. The highest BCUT2D eigenvalue weighted by molar-refractivity contribution is 5.26. The SMILES string of the molecule is Cc1ccc(F)c([C@H](N)C(C)C)c1. The minimum Gasteiger partial charge on any atom is -0.324 e. The Morgan fingerprint density at radius 3 is 2.46 bits per heavy atom. The molecule has 0 unspecified atom stereocenters. The Kier molecular flexibility index (Phi) is 3.04. The molecule has 0 aromatic heterocycles. The molecule has 1 rings (SSSR count). The molecule has 0 saturated carbocycles. The van der Waals surface area contributed by atoms with Gasteiger partial charge in [-0.3, -0.25) is 0 Å². The van der Waals surface area contributed by atoms with Gasteiger partial charge in [0.15, 0.2) is 0 Å². The summed E-state index contributed by atoms with van der Waals surface area (Å²) in [6.45, 7) is 5.93. The van der Waals surface area contributed by atoms with Gasteiger partial charge in [-0.15, -0.1) is 0 Å². The van der Waals surface area contributed by atoms with Crippen LogP contribution >= 0.6 is 0 Å². The number of hydrogen-bond donors (Lipinski definition) is 1. The number of rotatable bonds is 2. The summed E-state index contributed by atoms with van der Waals surface area (Å²) >= 11 is 0. The van der Waals surface area contributed by atoms with Crippen molar-refractivity contribution in [2.75, 3.05) is 0 Å². The molecule has 0 radical (unpaired) electrons. The van der Waals surface area contributed by atoms with E-state index in [1.165, 1.54) is 6.07 Å². The van der Waals surface area contributed by atoms with Crippen molar-refractivity contribution in [3.63, 3.8) is 0 Å². The minimum absolute atomic E-state index is 0.202. The Morgan fingerprint density at radius 2 is 1.92 bits per heavy atom. The van der Waals surface area contributed by atoms with Gasteiger partial charge in [0.25, 0.3) is 0 Å². The lowest BCUT2D eigenvalue weighted by Gasteiger charge is -2.17. The first-order valence-corrected chi connectivity index (χ1v) is 4.54. The molecule has 1 atom stereocenters. The van der Waals surface area contributed by atoms with E-state index < -0.39 is 0 Å². The average molecular weight is 181 g/mol. The van der Waals surface area contributed by atoms with Gasteiger partial charge in [-0.1, -0.05) is 31.5 Å². The highest BCUT2D eigenvalue weighted by atomic mass is 19.1. The van der Waals surface area contributed by atoms with Gasteiger partial charge in [-0.25, -0.2) is 4.39 Å². The molecule has 0 aliphatic heterocycles. The van der Waals surface area contributed by atoms with E-state index in [1.54, 1.807) is 6.07 Å². The monoisotopic (exact) mass is 181 g/mol. The van der Waals surface area contributed by atoms with Crippen molar-refractivity contribution >= 4 is 0 Å². The quantitative estimate of drug-likeness (QED) is 0.746. The lowest BCUT2D eigenvalue weighted by atomic mass is 9.95. The third-order valence-electron chi connectivity index (χ3n) is 2.23. The van der Waals surface area contributed by atoms with E-state index >= 15 is 0 Å². The molecule has 1 nitrogen and oxygen atoms in total. The van der Waals surface area contributed by atoms with Crippen molar-refractivity contribution in [2.24, 2.45) is 11.7 Å². The fourth-order valence-electron chi connectivity index (χ4n) is 1.28. The third kappa shape index (κ3) is 2.28. The fourth-order valence-corrected chi connectivity index (χ4v) is 1.28. The van der Waals surface area contributed by atoms with Gasteiger partial charge in [0, 0.05) is 11.6 Å². The second-order valence-corrected chi connectivity index (χ2v) is 3.79. The van der Waals surface area contributed by atoms with Gasteiger partial charge in [0.1, 0.15) is 5.82 Å². The maximum Gasteiger partial charge on any atom is 0.127 e. The van der Waals surface area contributed by atoms with E-state index in [4.69, 9.17) is 5.73 Å². The zero-order chi connectivity index (χ0) is 10.0. The van der Waals surface area contributed by atoms with Crippen LogP contribution < -0.4 is 5.73 Å². The van der Waals surface area contributed by atoms with Crippen LogP contribution in [0.25, 0.3) is 0 Å². The molecule has 0 heterocycles. The van der Waals surface area contributed by atoms with Crippen LogP contribution in [-0.4, -0.2) is 0 Å². The molecule has 13 heavy (non-hydrogen) atoms. The van der Waals surface area contributed by atoms with Crippen molar-refractivity contribution in [1.82, 2.24) is 0 Å². The van der Waals surface area contributed by atoms with Crippen LogP contribution in [-0.2, 0) is 0 Å². The first-order chi connectivity index (χ1) is 6.02. The maximum atomic E-state index is 13.3. The zero-order valence-electron chi connectivity index (χ0n) is 8.34. The molecule has 0 aliphatic carbocycles. The molecular weight excluding hydrogens is 165 g/mol. The van der Waals surface area contributed by atoms with Crippen LogP contribution in [0.2, 0.25) is 0 Å². The smallest absolute Gasteiger partial charge is 0.127 e. The summed E-state index contributed by atoms with van der Waals surface area (Å²) in [5.74, 6) is 0.0584. The lowest BCUT2D eigenvalue weighted by Crippen LogP contribution is -2.18. The highest BCUT2D eigenvalue weighted by Crippen LogP contribution is 2.22. The third-order valence-corrected chi connectivity index (χ3v) is 2.23. The summed E-state index contributed by atoms with van der Waals surface area (Å²) in [4.78, 5) is 0. The van der Waals surface area contributed by atoms with E-state index in [9.17, 15) is 4.39 Å². The summed E-state index contributed by atoms with van der Waals surface area (Å²) in [5, 5.41) is 0. The predicted molar refractivity (Wildman–Crippen MR) is 52.9 cm³/mol. The van der Waals surface area contributed by atoms with Crippen molar-refractivity contribution in [3.05, 3.63) is 35.1 Å². The first kappa shape index (κ1) is 10.2. The summed E-state index contributed by atoms with van der Waals surface area (Å²) in [5.41, 5.74) is 7.54. The van der Waals surface area contributed by atoms with Crippen LogP contribution in [0.3, 0.4) is 0 Å². The van der Waals surface area contributed by atoms with Gasteiger partial charge < -0.3 is 5.73 Å². The Balaban J connectivity index is 3.05. The van der Waals surface area contributed by atoms with Crippen molar-refractivity contribution < 1.29 is 4.39 Å². The molecule has 0 fully saturated rings. The van der Waals surface area contributed by atoms with Gasteiger partial charge in [-0.2, -0.15) is 0 Å². The molecule has 0 bridgehead atoms. The van der Waals surface area contributed by atoms with Crippen molar-refractivity contribution in [2.45, 2.75) is 26.8 Å². The van der Waals surface area contributed by atoms with Gasteiger partial charge >= 0.3 is 0 Å². The van der Waals surface area contributed by atoms with E-state index in [-0.39, 0.29) is 17.8 Å².